The number of aromatic nitrogens is 1. The van der Waals surface area contributed by atoms with E-state index >= 15 is 0 Å². The molecule has 0 aliphatic carbocycles. The third kappa shape index (κ3) is 7.11. The molecule has 2 fully saturated rings. The van der Waals surface area contributed by atoms with Crippen LogP contribution in [0.25, 0.3) is 10.1 Å². The lowest BCUT2D eigenvalue weighted by molar-refractivity contribution is -0.142. The van der Waals surface area contributed by atoms with Gasteiger partial charge in [0.25, 0.3) is 5.91 Å². The van der Waals surface area contributed by atoms with Gasteiger partial charge in [-0.05, 0) is 69.1 Å². The molecule has 3 aromatic rings. The number of hydrogen-bond donors (Lipinski definition) is 4. The number of thiophene rings is 1. The molecule has 2 aliphatic heterocycles. The number of amides is 4. The van der Waals surface area contributed by atoms with Crippen molar-refractivity contribution in [1.29, 1.82) is 0 Å². The summed E-state index contributed by atoms with van der Waals surface area (Å²) in [5, 5.41) is 11.8. The van der Waals surface area contributed by atoms with Crippen LogP contribution in [0.1, 0.15) is 58.4 Å². The Bertz CT molecular complexity index is 1640. The predicted octanol–water partition coefficient (Wildman–Crippen LogP) is 3.60. The van der Waals surface area contributed by atoms with Gasteiger partial charge >= 0.3 is 5.66 Å². The first-order valence-electron chi connectivity index (χ1n) is 14.5. The van der Waals surface area contributed by atoms with E-state index in [1.165, 1.54) is 35.6 Å². The second kappa shape index (κ2) is 13.2. The SMILES string of the molecule is CP(C)(=O)C(F)(F)c1ccc2sc(C(=O)N[C@H]3CNCC[C@H]4CC[C@@H](C(=O)N[C@@H](CCC(N)=O)c5nccs5)N4C3=O)cc2c1. The van der Waals surface area contributed by atoms with Crippen LogP contribution in [-0.4, -0.2) is 78.1 Å². The normalized spacial score (nSPS) is 21.6. The Kier molecular flexibility index (Phi) is 9.73. The maximum atomic E-state index is 14.7. The Morgan fingerprint density at radius 2 is 2.00 bits per heavy atom. The standard InChI is InChI=1S/C29H35F2N6O5PS2/c1-43(2,42)29(30,31)17-3-7-22-16(13-17)14-23(45-22)26(40)36-20-15-33-10-9-18-4-6-21(37(18)28(20)41)25(39)35-19(5-8-24(32)38)27-34-11-12-44-27/h3,7,11-14,18-21,33H,4-6,8-10,15H2,1-2H3,(H2,32,38)(H,35,39)(H,36,40)/t18-,19+,20+,21+/m1/s1. The Morgan fingerprint density at radius 3 is 2.69 bits per heavy atom. The first-order valence-corrected chi connectivity index (χ1v) is 18.8. The lowest BCUT2D eigenvalue weighted by Gasteiger charge is -2.35. The van der Waals surface area contributed by atoms with E-state index in [1.807, 2.05) is 0 Å². The third-order valence-corrected chi connectivity index (χ3v) is 11.8. The molecule has 242 valence electrons. The topological polar surface area (TPSA) is 164 Å². The van der Waals surface area contributed by atoms with Crippen molar-refractivity contribution in [2.75, 3.05) is 26.4 Å². The molecule has 0 saturated carbocycles. The molecule has 45 heavy (non-hydrogen) atoms. The van der Waals surface area contributed by atoms with Crippen LogP contribution in [0.4, 0.5) is 8.78 Å². The zero-order chi connectivity index (χ0) is 32.5. The van der Waals surface area contributed by atoms with Crippen LogP contribution >= 0.6 is 29.8 Å². The van der Waals surface area contributed by atoms with Crippen LogP contribution < -0.4 is 21.7 Å². The van der Waals surface area contributed by atoms with Crippen LogP contribution in [0.2, 0.25) is 0 Å². The number of rotatable bonds is 10. The summed E-state index contributed by atoms with van der Waals surface area (Å²) in [7, 11) is -3.78. The van der Waals surface area contributed by atoms with E-state index in [4.69, 9.17) is 5.73 Å². The quantitative estimate of drug-likeness (QED) is 0.238. The zero-order valence-electron chi connectivity index (χ0n) is 24.8. The second-order valence-corrected chi connectivity index (χ2v) is 17.0. The number of primary amides is 1. The molecule has 16 heteroatoms. The van der Waals surface area contributed by atoms with E-state index in [9.17, 15) is 32.5 Å². The first kappa shape index (κ1) is 33.1. The fraction of sp³-hybridized carbons (Fsp3) is 0.483. The number of nitrogens with one attached hydrogen (secondary N) is 3. The number of carbonyl (C=O) groups is 4. The fourth-order valence-corrected chi connectivity index (χ4v) is 8.18. The number of benzene rings is 1. The molecule has 4 heterocycles. The summed E-state index contributed by atoms with van der Waals surface area (Å²) in [5.74, 6) is -1.81. The van der Waals surface area contributed by atoms with Crippen LogP contribution in [0.5, 0.6) is 0 Å². The largest absolute Gasteiger partial charge is 0.370 e. The maximum absolute atomic E-state index is 14.7. The van der Waals surface area contributed by atoms with Gasteiger partial charge < -0.3 is 31.1 Å². The smallest absolute Gasteiger partial charge is 0.322 e. The lowest BCUT2D eigenvalue weighted by Crippen LogP contribution is -2.60. The minimum Gasteiger partial charge on any atom is -0.370 e. The van der Waals surface area contributed by atoms with E-state index < -0.39 is 48.7 Å². The molecule has 11 nitrogen and oxygen atoms in total. The molecule has 0 unspecified atom stereocenters. The van der Waals surface area contributed by atoms with Crippen molar-refractivity contribution in [2.24, 2.45) is 5.73 Å². The molecule has 5 N–H and O–H groups in total. The monoisotopic (exact) mass is 680 g/mol. The Morgan fingerprint density at radius 1 is 1.22 bits per heavy atom. The van der Waals surface area contributed by atoms with Gasteiger partial charge in [0.15, 0.2) is 7.14 Å². The van der Waals surface area contributed by atoms with Gasteiger partial charge in [-0.25, -0.2) is 4.98 Å². The predicted molar refractivity (Wildman–Crippen MR) is 169 cm³/mol. The van der Waals surface area contributed by atoms with Crippen LogP contribution in [0.3, 0.4) is 0 Å². The molecule has 0 radical (unpaired) electrons. The minimum absolute atomic E-state index is 0.0553. The second-order valence-electron chi connectivity index (χ2n) is 11.7. The minimum atomic E-state index is -3.78. The van der Waals surface area contributed by atoms with E-state index in [-0.39, 0.29) is 41.8 Å². The summed E-state index contributed by atoms with van der Waals surface area (Å²) in [5.41, 5.74) is 1.44. The molecule has 2 aliphatic rings. The van der Waals surface area contributed by atoms with Crippen molar-refractivity contribution >= 4 is 63.5 Å². The van der Waals surface area contributed by atoms with E-state index in [2.05, 4.69) is 20.9 Å². The van der Waals surface area contributed by atoms with Crippen LogP contribution in [-0.2, 0) is 24.6 Å². The van der Waals surface area contributed by atoms with Gasteiger partial charge in [-0.15, -0.1) is 22.7 Å². The molecular formula is C29H35F2N6O5PS2. The molecule has 0 bridgehead atoms. The molecule has 0 spiro atoms. The van der Waals surface area contributed by atoms with Crippen molar-refractivity contribution in [3.8, 4) is 0 Å². The van der Waals surface area contributed by atoms with E-state index in [0.717, 1.165) is 24.7 Å². The summed E-state index contributed by atoms with van der Waals surface area (Å²) in [4.78, 5) is 58.4. The van der Waals surface area contributed by atoms with Crippen LogP contribution in [0, 0.1) is 0 Å². The summed E-state index contributed by atoms with van der Waals surface area (Å²) >= 11 is 2.44. The van der Waals surface area contributed by atoms with Gasteiger partial charge in [0.1, 0.15) is 17.1 Å². The van der Waals surface area contributed by atoms with Crippen molar-refractivity contribution < 1.29 is 32.5 Å². The molecule has 2 saturated heterocycles. The number of halogens is 2. The van der Waals surface area contributed by atoms with Gasteiger partial charge in [-0.3, -0.25) is 19.2 Å². The average molecular weight is 681 g/mol. The highest BCUT2D eigenvalue weighted by molar-refractivity contribution is 7.63. The average Bonchev–Trinajstić information content (AvgIpc) is 3.74. The van der Waals surface area contributed by atoms with Gasteiger partial charge in [0.05, 0.1) is 10.9 Å². The lowest BCUT2D eigenvalue weighted by atomic mass is 10.1. The summed E-state index contributed by atoms with van der Waals surface area (Å²) < 4.78 is 42.3. The number of thiazole rings is 1. The highest BCUT2D eigenvalue weighted by atomic mass is 32.1. The van der Waals surface area contributed by atoms with Crippen molar-refractivity contribution in [1.82, 2.24) is 25.8 Å². The number of fused-ring (bicyclic) bond motifs is 2. The Hall–Kier alpha value is -3.26. The van der Waals surface area contributed by atoms with Crippen LogP contribution in [0.15, 0.2) is 35.8 Å². The van der Waals surface area contributed by atoms with Gasteiger partial charge in [-0.2, -0.15) is 8.78 Å². The van der Waals surface area contributed by atoms with Crippen molar-refractivity contribution in [2.45, 2.75) is 61.9 Å². The van der Waals surface area contributed by atoms with Gasteiger partial charge in [0, 0.05) is 40.8 Å². The summed E-state index contributed by atoms with van der Waals surface area (Å²) in [6.07, 6.45) is 3.62. The molecule has 1 aromatic carbocycles. The Balaban J connectivity index is 1.32. The molecular weight excluding hydrogens is 645 g/mol. The van der Waals surface area contributed by atoms with E-state index in [0.29, 0.717) is 40.9 Å². The van der Waals surface area contributed by atoms with Gasteiger partial charge in [0.2, 0.25) is 17.7 Å². The molecule has 4 amide bonds. The van der Waals surface area contributed by atoms with Gasteiger partial charge in [-0.1, -0.05) is 6.07 Å². The van der Waals surface area contributed by atoms with E-state index in [1.54, 1.807) is 16.5 Å². The zero-order valence-corrected chi connectivity index (χ0v) is 27.3. The molecule has 5 rings (SSSR count). The number of alkyl halides is 2. The fourth-order valence-electron chi connectivity index (χ4n) is 5.75. The summed E-state index contributed by atoms with van der Waals surface area (Å²) in [6.45, 7) is 2.79. The summed E-state index contributed by atoms with van der Waals surface area (Å²) in [6, 6.07) is 2.91. The van der Waals surface area contributed by atoms with Crippen molar-refractivity contribution in [3.63, 3.8) is 0 Å². The van der Waals surface area contributed by atoms with Crippen molar-refractivity contribution in [3.05, 3.63) is 51.3 Å². The number of hydrogen-bond acceptors (Lipinski definition) is 9. The third-order valence-electron chi connectivity index (χ3n) is 8.17. The number of nitrogens with two attached hydrogens (primary N) is 1. The maximum Gasteiger partial charge on any atom is 0.322 e. The first-order chi connectivity index (χ1) is 21.3. The Labute approximate surface area is 266 Å². The number of carbonyl (C=O) groups excluding carboxylic acids is 4. The highest BCUT2D eigenvalue weighted by Crippen LogP contribution is 2.60. The molecule has 4 atom stereocenters. The number of nitrogens with zero attached hydrogens (tertiary/aromatic N) is 2. The molecule has 2 aromatic heterocycles. The highest BCUT2D eigenvalue weighted by Gasteiger charge is 2.46.